The van der Waals surface area contributed by atoms with Gasteiger partial charge >= 0.3 is 0 Å². The number of nitrogens with one attached hydrogen (secondary N) is 1. The second kappa shape index (κ2) is 12.7. The summed E-state index contributed by atoms with van der Waals surface area (Å²) < 4.78 is 49.6. The minimum Gasteiger partial charge on any atom is -0.375 e. The van der Waals surface area contributed by atoms with E-state index in [4.69, 9.17) is 10.5 Å². The van der Waals surface area contributed by atoms with Crippen molar-refractivity contribution in [3.05, 3.63) is 101 Å². The molecule has 3 N–H and O–H groups in total. The monoisotopic (exact) mass is 527 g/mol. The summed E-state index contributed by atoms with van der Waals surface area (Å²) in [7, 11) is 0. The van der Waals surface area contributed by atoms with Crippen LogP contribution in [0, 0.1) is 17.5 Å². The second-order valence-electron chi connectivity index (χ2n) is 8.76. The zero-order valence-corrected chi connectivity index (χ0v) is 20.9. The van der Waals surface area contributed by atoms with Crippen LogP contribution in [0.4, 0.5) is 18.9 Å². The number of nitrogens with two attached hydrogens (primary N) is 1. The van der Waals surface area contributed by atoms with Crippen molar-refractivity contribution in [3.8, 4) is 0 Å². The fourth-order valence-electron chi connectivity index (χ4n) is 4.29. The van der Waals surface area contributed by atoms with Crippen LogP contribution in [0.5, 0.6) is 0 Å². The standard InChI is InChI=1S/C27H28F3N5OS/c28-22-8-4-7-20(11-22)15-34-9-10-35(16-23(34)18-36-17-19-5-2-1-3-6-19)26-13-24(29)21(12-25(26)30)14-32-33-27(31)37/h1-8,11-14,23H,9-10,15-18H2,(H3,31,33,37). The topological polar surface area (TPSA) is 66.1 Å². The summed E-state index contributed by atoms with van der Waals surface area (Å²) in [5.74, 6) is -1.48. The third-order valence-electron chi connectivity index (χ3n) is 6.09. The molecular weight excluding hydrogens is 499 g/mol. The first-order valence-electron chi connectivity index (χ1n) is 11.8. The number of nitrogens with zero attached hydrogens (tertiary/aromatic N) is 3. The third kappa shape index (κ3) is 7.51. The van der Waals surface area contributed by atoms with Gasteiger partial charge in [0.1, 0.15) is 17.5 Å². The van der Waals surface area contributed by atoms with E-state index in [1.807, 2.05) is 41.3 Å². The number of benzene rings is 3. The Balaban J connectivity index is 1.49. The van der Waals surface area contributed by atoms with E-state index >= 15 is 4.39 Å². The largest absolute Gasteiger partial charge is 0.375 e. The van der Waals surface area contributed by atoms with Crippen LogP contribution in [-0.4, -0.2) is 48.5 Å². The zero-order valence-electron chi connectivity index (χ0n) is 20.1. The summed E-state index contributed by atoms with van der Waals surface area (Å²) in [5.41, 5.74) is 9.63. The third-order valence-corrected chi connectivity index (χ3v) is 6.18. The molecule has 1 aliphatic heterocycles. The smallest absolute Gasteiger partial charge is 0.184 e. The van der Waals surface area contributed by atoms with E-state index < -0.39 is 11.6 Å². The van der Waals surface area contributed by atoms with Crippen molar-refractivity contribution in [2.45, 2.75) is 19.2 Å². The number of anilines is 1. The molecule has 6 nitrogen and oxygen atoms in total. The van der Waals surface area contributed by atoms with E-state index in [0.29, 0.717) is 39.4 Å². The zero-order chi connectivity index (χ0) is 26.2. The molecule has 1 aliphatic rings. The first-order valence-corrected chi connectivity index (χ1v) is 12.2. The SMILES string of the molecule is NC(=S)NN=Cc1cc(F)c(N2CCN(Cc3cccc(F)c3)C(COCc3ccccc3)C2)cc1F. The molecule has 0 aromatic heterocycles. The molecule has 1 heterocycles. The fourth-order valence-corrected chi connectivity index (χ4v) is 4.35. The molecular formula is C27H28F3N5OS. The highest BCUT2D eigenvalue weighted by Gasteiger charge is 2.29. The average Bonchev–Trinajstić information content (AvgIpc) is 2.87. The van der Waals surface area contributed by atoms with E-state index in [-0.39, 0.29) is 28.2 Å². The van der Waals surface area contributed by atoms with E-state index in [1.165, 1.54) is 18.2 Å². The van der Waals surface area contributed by atoms with Gasteiger partial charge in [-0.15, -0.1) is 0 Å². The van der Waals surface area contributed by atoms with Gasteiger partial charge in [0.05, 0.1) is 31.2 Å². The molecule has 4 rings (SSSR count). The molecule has 194 valence electrons. The second-order valence-corrected chi connectivity index (χ2v) is 9.20. The van der Waals surface area contributed by atoms with Crippen LogP contribution in [0.3, 0.4) is 0 Å². The maximum Gasteiger partial charge on any atom is 0.184 e. The van der Waals surface area contributed by atoms with Gasteiger partial charge in [-0.1, -0.05) is 42.5 Å². The minimum atomic E-state index is -0.621. The lowest BCUT2D eigenvalue weighted by Crippen LogP contribution is -2.54. The van der Waals surface area contributed by atoms with Gasteiger partial charge in [0.15, 0.2) is 5.11 Å². The minimum absolute atomic E-state index is 0.0301. The first kappa shape index (κ1) is 26.6. The Labute approximate surface area is 219 Å². The summed E-state index contributed by atoms with van der Waals surface area (Å²) in [4.78, 5) is 4.00. The summed E-state index contributed by atoms with van der Waals surface area (Å²) >= 11 is 4.65. The Bertz CT molecular complexity index is 1240. The number of ether oxygens (including phenoxy) is 1. The highest BCUT2D eigenvalue weighted by atomic mass is 32.1. The number of hydrazone groups is 1. The van der Waals surface area contributed by atoms with Gasteiger partial charge in [0.2, 0.25) is 0 Å². The van der Waals surface area contributed by atoms with Gasteiger partial charge in [0.25, 0.3) is 0 Å². The van der Waals surface area contributed by atoms with Gasteiger partial charge in [0, 0.05) is 37.8 Å². The predicted molar refractivity (Wildman–Crippen MR) is 143 cm³/mol. The molecule has 0 radical (unpaired) electrons. The molecule has 1 unspecified atom stereocenters. The highest BCUT2D eigenvalue weighted by molar-refractivity contribution is 7.80. The highest BCUT2D eigenvalue weighted by Crippen LogP contribution is 2.26. The van der Waals surface area contributed by atoms with Crippen LogP contribution in [0.15, 0.2) is 71.8 Å². The Hall–Kier alpha value is -3.47. The van der Waals surface area contributed by atoms with Crippen molar-refractivity contribution >= 4 is 29.2 Å². The molecule has 10 heteroatoms. The molecule has 1 saturated heterocycles. The first-order chi connectivity index (χ1) is 17.9. The van der Waals surface area contributed by atoms with E-state index in [9.17, 15) is 8.78 Å². The molecule has 37 heavy (non-hydrogen) atoms. The molecule has 1 atom stereocenters. The molecule has 1 fully saturated rings. The molecule has 0 bridgehead atoms. The molecule has 0 amide bonds. The van der Waals surface area contributed by atoms with Gasteiger partial charge in [-0.05, 0) is 41.5 Å². The summed E-state index contributed by atoms with van der Waals surface area (Å²) in [5, 5.41) is 3.62. The molecule has 0 spiro atoms. The van der Waals surface area contributed by atoms with Crippen LogP contribution in [-0.2, 0) is 17.9 Å². The lowest BCUT2D eigenvalue weighted by Gasteiger charge is -2.42. The van der Waals surface area contributed by atoms with E-state index in [0.717, 1.165) is 23.4 Å². The predicted octanol–water partition coefficient (Wildman–Crippen LogP) is 4.18. The quantitative estimate of drug-likeness (QED) is 0.247. The Kier molecular flexibility index (Phi) is 9.10. The Morgan fingerprint density at radius 2 is 1.81 bits per heavy atom. The van der Waals surface area contributed by atoms with E-state index in [1.54, 1.807) is 6.07 Å². The van der Waals surface area contributed by atoms with Crippen molar-refractivity contribution in [2.24, 2.45) is 10.8 Å². The summed E-state index contributed by atoms with van der Waals surface area (Å²) in [6.45, 7) is 2.78. The molecule has 0 aliphatic carbocycles. The number of thiocarbonyl (C=S) groups is 1. The normalized spacial score (nSPS) is 16.3. The summed E-state index contributed by atoms with van der Waals surface area (Å²) in [6, 6.07) is 18.4. The average molecular weight is 528 g/mol. The van der Waals surface area contributed by atoms with Crippen LogP contribution in [0.1, 0.15) is 16.7 Å². The maximum atomic E-state index is 15.1. The number of hydrogen-bond acceptors (Lipinski definition) is 5. The Morgan fingerprint density at radius 3 is 2.57 bits per heavy atom. The van der Waals surface area contributed by atoms with E-state index in [2.05, 4.69) is 27.6 Å². The fraction of sp³-hybridized carbons (Fsp3) is 0.259. The molecule has 0 saturated carbocycles. The van der Waals surface area contributed by atoms with Crippen LogP contribution in [0.25, 0.3) is 0 Å². The number of rotatable bonds is 9. The molecule has 3 aromatic rings. The Morgan fingerprint density at radius 1 is 1.03 bits per heavy atom. The van der Waals surface area contributed by atoms with Crippen molar-refractivity contribution < 1.29 is 17.9 Å². The van der Waals surface area contributed by atoms with Gasteiger partial charge in [-0.25, -0.2) is 13.2 Å². The number of halogens is 3. The van der Waals surface area contributed by atoms with Crippen LogP contribution >= 0.6 is 12.2 Å². The van der Waals surface area contributed by atoms with Crippen molar-refractivity contribution in [1.82, 2.24) is 10.3 Å². The van der Waals surface area contributed by atoms with Crippen LogP contribution < -0.4 is 16.1 Å². The van der Waals surface area contributed by atoms with Crippen molar-refractivity contribution in [2.75, 3.05) is 31.1 Å². The summed E-state index contributed by atoms with van der Waals surface area (Å²) in [6.07, 6.45) is 1.12. The lowest BCUT2D eigenvalue weighted by molar-refractivity contribution is 0.0411. The van der Waals surface area contributed by atoms with Crippen LogP contribution in [0.2, 0.25) is 0 Å². The maximum absolute atomic E-state index is 15.1. The number of hydrogen-bond donors (Lipinski definition) is 2. The number of piperazine rings is 1. The lowest BCUT2D eigenvalue weighted by atomic mass is 10.1. The molecule has 3 aromatic carbocycles. The van der Waals surface area contributed by atoms with Gasteiger partial charge in [-0.3, -0.25) is 10.3 Å². The van der Waals surface area contributed by atoms with Crippen molar-refractivity contribution in [3.63, 3.8) is 0 Å². The van der Waals surface area contributed by atoms with Gasteiger partial charge < -0.3 is 15.4 Å². The van der Waals surface area contributed by atoms with Crippen molar-refractivity contribution in [1.29, 1.82) is 0 Å². The van der Waals surface area contributed by atoms with Gasteiger partial charge in [-0.2, -0.15) is 5.10 Å².